The maximum absolute atomic E-state index is 14.4. The Balaban J connectivity index is 2.26. The van der Waals surface area contributed by atoms with E-state index in [1.165, 1.54) is 0 Å². The van der Waals surface area contributed by atoms with Crippen molar-refractivity contribution in [3.63, 3.8) is 0 Å². The van der Waals surface area contributed by atoms with E-state index in [9.17, 15) is 8.78 Å². The van der Waals surface area contributed by atoms with Crippen LogP contribution in [-0.2, 0) is 4.43 Å². The molecule has 1 unspecified atom stereocenters. The van der Waals surface area contributed by atoms with Gasteiger partial charge in [-0.25, -0.2) is 0 Å². The predicted octanol–water partition coefficient (Wildman–Crippen LogP) is 6.02. The van der Waals surface area contributed by atoms with Crippen LogP contribution in [0.3, 0.4) is 0 Å². The first kappa shape index (κ1) is 17.2. The molecule has 0 radical (unpaired) electrons. The van der Waals surface area contributed by atoms with Crippen LogP contribution in [0.5, 0.6) is 0 Å². The van der Waals surface area contributed by atoms with Crippen LogP contribution >= 0.6 is 0 Å². The SMILES string of the molecule is Cc1ccc(C2C=C(O[Si](C)(C)C(C)(C)C)C(F)(F)C2)cc1. The normalized spacial score (nSPS) is 21.6. The maximum atomic E-state index is 14.4. The molecule has 0 amide bonds. The number of aryl methyl sites for hydroxylation is 1. The first-order chi connectivity index (χ1) is 9.92. The fraction of sp³-hybridized carbons (Fsp3) is 0.556. The van der Waals surface area contributed by atoms with E-state index >= 15 is 0 Å². The minimum absolute atomic E-state index is 0.0914. The molecule has 0 aromatic heterocycles. The second-order valence-electron chi connectivity index (χ2n) is 7.82. The van der Waals surface area contributed by atoms with Crippen molar-refractivity contribution in [3.8, 4) is 0 Å². The number of benzene rings is 1. The molecule has 1 aromatic carbocycles. The third kappa shape index (κ3) is 3.42. The highest BCUT2D eigenvalue weighted by molar-refractivity contribution is 6.74. The summed E-state index contributed by atoms with van der Waals surface area (Å²) in [5.41, 5.74) is 2.06. The molecule has 1 aliphatic carbocycles. The summed E-state index contributed by atoms with van der Waals surface area (Å²) in [5.74, 6) is -3.26. The smallest absolute Gasteiger partial charge is 0.303 e. The molecule has 0 spiro atoms. The van der Waals surface area contributed by atoms with Crippen molar-refractivity contribution in [2.75, 3.05) is 0 Å². The largest absolute Gasteiger partial charge is 0.542 e. The van der Waals surface area contributed by atoms with E-state index in [1.807, 2.05) is 44.3 Å². The van der Waals surface area contributed by atoms with E-state index in [4.69, 9.17) is 4.43 Å². The molecule has 0 saturated heterocycles. The van der Waals surface area contributed by atoms with Gasteiger partial charge in [-0.1, -0.05) is 50.6 Å². The fourth-order valence-electron chi connectivity index (χ4n) is 2.30. The lowest BCUT2D eigenvalue weighted by atomic mass is 9.97. The number of rotatable bonds is 3. The van der Waals surface area contributed by atoms with E-state index in [0.717, 1.165) is 11.1 Å². The van der Waals surface area contributed by atoms with Gasteiger partial charge in [-0.3, -0.25) is 0 Å². The quantitative estimate of drug-likeness (QED) is 0.617. The summed E-state index contributed by atoms with van der Waals surface area (Å²) in [4.78, 5) is 0. The van der Waals surface area contributed by atoms with Crippen LogP contribution in [0.25, 0.3) is 0 Å². The molecule has 22 heavy (non-hydrogen) atoms. The van der Waals surface area contributed by atoms with Gasteiger partial charge in [0.2, 0.25) is 8.32 Å². The number of allylic oxidation sites excluding steroid dienone is 2. The number of alkyl halides is 2. The zero-order valence-corrected chi connectivity index (χ0v) is 15.3. The highest BCUT2D eigenvalue weighted by atomic mass is 28.4. The molecular weight excluding hydrogens is 298 g/mol. The molecule has 2 rings (SSSR count). The van der Waals surface area contributed by atoms with Crippen LogP contribution < -0.4 is 0 Å². The van der Waals surface area contributed by atoms with E-state index in [2.05, 4.69) is 20.8 Å². The molecule has 0 saturated carbocycles. The van der Waals surface area contributed by atoms with Gasteiger partial charge in [0.1, 0.15) is 5.76 Å². The number of hydrogen-bond donors (Lipinski definition) is 0. The summed E-state index contributed by atoms with van der Waals surface area (Å²) >= 11 is 0. The van der Waals surface area contributed by atoms with E-state index < -0.39 is 14.2 Å². The van der Waals surface area contributed by atoms with Gasteiger partial charge in [0, 0.05) is 12.3 Å². The summed E-state index contributed by atoms with van der Waals surface area (Å²) in [7, 11) is -2.25. The van der Waals surface area contributed by atoms with Gasteiger partial charge in [0.25, 0.3) is 0 Å². The van der Waals surface area contributed by atoms with Gasteiger partial charge in [0.05, 0.1) is 0 Å². The molecule has 0 fully saturated rings. The summed E-state index contributed by atoms with van der Waals surface area (Å²) in [6.45, 7) is 12.2. The van der Waals surface area contributed by atoms with Crippen molar-refractivity contribution in [2.45, 2.75) is 64.1 Å². The molecule has 1 aromatic rings. The predicted molar refractivity (Wildman–Crippen MR) is 89.8 cm³/mol. The lowest BCUT2D eigenvalue weighted by molar-refractivity contribution is 0.00444. The molecule has 0 bridgehead atoms. The van der Waals surface area contributed by atoms with Crippen LogP contribution in [0.15, 0.2) is 36.1 Å². The minimum Gasteiger partial charge on any atom is -0.542 e. The Hall–Kier alpha value is -1.16. The molecule has 1 nitrogen and oxygen atoms in total. The van der Waals surface area contributed by atoms with E-state index in [0.29, 0.717) is 0 Å². The molecule has 1 atom stereocenters. The molecule has 122 valence electrons. The summed E-state index contributed by atoms with van der Waals surface area (Å²) in [6, 6.07) is 7.80. The Kier molecular flexibility index (Phi) is 4.28. The summed E-state index contributed by atoms with van der Waals surface area (Å²) in [6.07, 6.45) is 1.44. The monoisotopic (exact) mass is 324 g/mol. The first-order valence-electron chi connectivity index (χ1n) is 7.78. The van der Waals surface area contributed by atoms with Crippen molar-refractivity contribution in [2.24, 2.45) is 0 Å². The average Bonchev–Trinajstić information content (AvgIpc) is 2.64. The highest BCUT2D eigenvalue weighted by Gasteiger charge is 2.49. The van der Waals surface area contributed by atoms with Gasteiger partial charge in [-0.15, -0.1) is 0 Å². The van der Waals surface area contributed by atoms with Crippen molar-refractivity contribution in [1.29, 1.82) is 0 Å². The van der Waals surface area contributed by atoms with Gasteiger partial charge in [0.15, 0.2) is 0 Å². The molecule has 0 aliphatic heterocycles. The molecule has 0 heterocycles. The lowest BCUT2D eigenvalue weighted by Gasteiger charge is -2.37. The Labute approximate surface area is 133 Å². The Morgan fingerprint density at radius 1 is 1.14 bits per heavy atom. The fourth-order valence-corrected chi connectivity index (χ4v) is 3.38. The van der Waals surface area contributed by atoms with Crippen LogP contribution in [0, 0.1) is 6.92 Å². The first-order valence-corrected chi connectivity index (χ1v) is 10.7. The summed E-state index contributed by atoms with van der Waals surface area (Å²) in [5, 5.41) is -0.0914. The lowest BCUT2D eigenvalue weighted by Crippen LogP contribution is -2.42. The number of hydrogen-bond acceptors (Lipinski definition) is 1. The third-order valence-electron chi connectivity index (χ3n) is 4.87. The van der Waals surface area contributed by atoms with E-state index in [-0.39, 0.29) is 23.1 Å². The Morgan fingerprint density at radius 2 is 1.68 bits per heavy atom. The van der Waals surface area contributed by atoms with Crippen LogP contribution in [-0.4, -0.2) is 14.2 Å². The van der Waals surface area contributed by atoms with Crippen molar-refractivity contribution in [1.82, 2.24) is 0 Å². The molecule has 4 heteroatoms. The van der Waals surface area contributed by atoms with Crippen molar-refractivity contribution >= 4 is 8.32 Å². The van der Waals surface area contributed by atoms with Gasteiger partial charge >= 0.3 is 5.92 Å². The van der Waals surface area contributed by atoms with Crippen LogP contribution in [0.1, 0.15) is 44.2 Å². The minimum atomic E-state index is -2.87. The van der Waals surface area contributed by atoms with Gasteiger partial charge in [-0.2, -0.15) is 8.78 Å². The van der Waals surface area contributed by atoms with Crippen LogP contribution in [0.4, 0.5) is 8.78 Å². The second kappa shape index (κ2) is 5.48. The topological polar surface area (TPSA) is 9.23 Å². The van der Waals surface area contributed by atoms with Crippen LogP contribution in [0.2, 0.25) is 18.1 Å². The standard InChI is InChI=1S/C18H26F2OSi/c1-13-7-9-14(10-8-13)15-11-16(18(19,20)12-15)21-22(5,6)17(2,3)4/h7-11,15H,12H2,1-6H3. The molecule has 0 N–H and O–H groups in total. The Bertz CT molecular complexity index is 568. The molecule has 1 aliphatic rings. The zero-order chi connectivity index (χ0) is 16.8. The average molecular weight is 324 g/mol. The second-order valence-corrected chi connectivity index (χ2v) is 12.5. The molecular formula is C18H26F2OSi. The Morgan fingerprint density at radius 3 is 2.18 bits per heavy atom. The van der Waals surface area contributed by atoms with E-state index in [1.54, 1.807) is 6.08 Å². The number of halogens is 2. The third-order valence-corrected chi connectivity index (χ3v) is 9.21. The van der Waals surface area contributed by atoms with Crippen molar-refractivity contribution < 1.29 is 13.2 Å². The zero-order valence-electron chi connectivity index (χ0n) is 14.3. The maximum Gasteiger partial charge on any atom is 0.303 e. The highest BCUT2D eigenvalue weighted by Crippen LogP contribution is 2.47. The van der Waals surface area contributed by atoms with Crippen molar-refractivity contribution in [3.05, 3.63) is 47.2 Å². The summed E-state index contributed by atoms with van der Waals surface area (Å²) < 4.78 is 34.6. The van der Waals surface area contributed by atoms with Gasteiger partial charge in [-0.05, 0) is 36.7 Å². The van der Waals surface area contributed by atoms with Gasteiger partial charge < -0.3 is 4.43 Å².